The Labute approximate surface area is 122 Å². The molecule has 0 bridgehead atoms. The molecular formula is C15H19BrN2O. The number of carbonyl (C=O) groups excluding carboxylic acids is 1. The molecule has 0 spiro atoms. The van der Waals surface area contributed by atoms with E-state index in [1.165, 1.54) is 6.42 Å². The van der Waals surface area contributed by atoms with E-state index in [0.29, 0.717) is 18.4 Å². The van der Waals surface area contributed by atoms with E-state index in [2.05, 4.69) is 26.1 Å². The number of halogens is 1. The third-order valence-corrected chi connectivity index (χ3v) is 4.74. The van der Waals surface area contributed by atoms with E-state index in [0.717, 1.165) is 36.1 Å². The molecule has 0 aliphatic carbocycles. The van der Waals surface area contributed by atoms with Crippen LogP contribution in [0, 0.1) is 5.92 Å². The molecule has 2 saturated heterocycles. The summed E-state index contributed by atoms with van der Waals surface area (Å²) in [7, 11) is 0. The summed E-state index contributed by atoms with van der Waals surface area (Å²) in [5.74, 6) is 0.941. The zero-order valence-electron chi connectivity index (χ0n) is 10.9. The number of nitrogens with one attached hydrogen (secondary N) is 1. The maximum absolute atomic E-state index is 12.5. The van der Waals surface area contributed by atoms with Gasteiger partial charge >= 0.3 is 0 Å². The van der Waals surface area contributed by atoms with Gasteiger partial charge in [0.2, 0.25) is 5.91 Å². The Bertz CT molecular complexity index is 477. The maximum atomic E-state index is 12.5. The van der Waals surface area contributed by atoms with E-state index in [1.807, 2.05) is 24.3 Å². The van der Waals surface area contributed by atoms with Gasteiger partial charge in [-0.1, -0.05) is 28.1 Å². The second-order valence-electron chi connectivity index (χ2n) is 5.52. The lowest BCUT2D eigenvalue weighted by Gasteiger charge is -2.37. The van der Waals surface area contributed by atoms with Crippen LogP contribution in [0.15, 0.2) is 28.7 Å². The summed E-state index contributed by atoms with van der Waals surface area (Å²) in [6.07, 6.45) is 2.92. The van der Waals surface area contributed by atoms with Crippen molar-refractivity contribution < 1.29 is 4.79 Å². The summed E-state index contributed by atoms with van der Waals surface area (Å²) in [4.78, 5) is 14.6. The summed E-state index contributed by atoms with van der Waals surface area (Å²) >= 11 is 3.46. The number of nitrogens with zero attached hydrogens (tertiary/aromatic N) is 1. The lowest BCUT2D eigenvalue weighted by atomic mass is 9.91. The van der Waals surface area contributed by atoms with Gasteiger partial charge in [-0.25, -0.2) is 0 Å². The van der Waals surface area contributed by atoms with Gasteiger partial charge in [0.15, 0.2) is 0 Å². The first-order valence-corrected chi connectivity index (χ1v) is 7.78. The van der Waals surface area contributed by atoms with Crippen molar-refractivity contribution in [2.75, 3.05) is 19.6 Å². The van der Waals surface area contributed by atoms with Crippen molar-refractivity contribution in [1.82, 2.24) is 10.2 Å². The van der Waals surface area contributed by atoms with Crippen LogP contribution in [0.5, 0.6) is 0 Å². The predicted octanol–water partition coefficient (Wildman–Crippen LogP) is 2.20. The lowest BCUT2D eigenvalue weighted by Crippen LogP contribution is -2.48. The van der Waals surface area contributed by atoms with Gasteiger partial charge < -0.3 is 10.2 Å². The Hall–Kier alpha value is -0.870. The fourth-order valence-corrected chi connectivity index (χ4v) is 3.75. The summed E-state index contributed by atoms with van der Waals surface area (Å²) in [5, 5.41) is 3.42. The van der Waals surface area contributed by atoms with Crippen LogP contribution in [0.2, 0.25) is 0 Å². The molecule has 2 aliphatic rings. The molecule has 4 heteroatoms. The molecule has 1 amide bonds. The van der Waals surface area contributed by atoms with Gasteiger partial charge in [0.25, 0.3) is 0 Å². The Morgan fingerprint density at radius 3 is 3.16 bits per heavy atom. The minimum Gasteiger partial charge on any atom is -0.338 e. The maximum Gasteiger partial charge on any atom is 0.227 e. The van der Waals surface area contributed by atoms with Crippen LogP contribution < -0.4 is 5.32 Å². The fourth-order valence-electron chi connectivity index (χ4n) is 3.30. The lowest BCUT2D eigenvalue weighted by molar-refractivity contribution is -0.134. The van der Waals surface area contributed by atoms with E-state index in [-0.39, 0.29) is 5.91 Å². The van der Waals surface area contributed by atoms with Crippen LogP contribution in [-0.2, 0) is 11.2 Å². The van der Waals surface area contributed by atoms with Gasteiger partial charge in [-0.15, -0.1) is 0 Å². The van der Waals surface area contributed by atoms with Crippen molar-refractivity contribution in [2.24, 2.45) is 5.92 Å². The van der Waals surface area contributed by atoms with E-state index in [4.69, 9.17) is 0 Å². The molecule has 0 aromatic heterocycles. The standard InChI is InChI=1S/C15H19BrN2O/c16-13-5-1-3-11(7-13)8-15(19)18-6-2-4-12-9-17-10-14(12)18/h1,3,5,7,12,14,17H,2,4,6,8-10H2. The predicted molar refractivity (Wildman–Crippen MR) is 78.9 cm³/mol. The smallest absolute Gasteiger partial charge is 0.227 e. The minimum atomic E-state index is 0.275. The summed E-state index contributed by atoms with van der Waals surface area (Å²) < 4.78 is 1.04. The minimum absolute atomic E-state index is 0.275. The van der Waals surface area contributed by atoms with Crippen molar-refractivity contribution in [3.8, 4) is 0 Å². The average molecular weight is 323 g/mol. The van der Waals surface area contributed by atoms with Crippen molar-refractivity contribution in [3.63, 3.8) is 0 Å². The third kappa shape index (κ3) is 2.84. The zero-order chi connectivity index (χ0) is 13.2. The highest BCUT2D eigenvalue weighted by Gasteiger charge is 2.36. The number of benzene rings is 1. The van der Waals surface area contributed by atoms with Crippen LogP contribution in [0.4, 0.5) is 0 Å². The number of hydrogen-bond donors (Lipinski definition) is 1. The first-order chi connectivity index (χ1) is 9.24. The number of hydrogen-bond acceptors (Lipinski definition) is 2. The van der Waals surface area contributed by atoms with Gasteiger partial charge in [0, 0.05) is 30.1 Å². The Balaban J connectivity index is 1.69. The molecule has 2 atom stereocenters. The number of fused-ring (bicyclic) bond motifs is 1. The van der Waals surface area contributed by atoms with Crippen LogP contribution >= 0.6 is 15.9 Å². The van der Waals surface area contributed by atoms with E-state index in [1.54, 1.807) is 0 Å². The third-order valence-electron chi connectivity index (χ3n) is 4.24. The summed E-state index contributed by atoms with van der Waals surface area (Å²) in [5.41, 5.74) is 1.09. The number of likely N-dealkylation sites (tertiary alicyclic amines) is 1. The topological polar surface area (TPSA) is 32.3 Å². The normalized spacial score (nSPS) is 26.3. The summed E-state index contributed by atoms with van der Waals surface area (Å²) in [6.45, 7) is 2.97. The van der Waals surface area contributed by atoms with Gasteiger partial charge in [0.1, 0.15) is 0 Å². The van der Waals surface area contributed by atoms with E-state index < -0.39 is 0 Å². The first kappa shape index (κ1) is 13.1. The molecule has 1 N–H and O–H groups in total. The molecule has 1 aromatic rings. The van der Waals surface area contributed by atoms with Gasteiger partial charge in [-0.3, -0.25) is 4.79 Å². The Kier molecular flexibility index (Phi) is 3.89. The highest BCUT2D eigenvalue weighted by atomic mass is 79.9. The van der Waals surface area contributed by atoms with Gasteiger partial charge in [-0.05, 0) is 36.5 Å². The van der Waals surface area contributed by atoms with Gasteiger partial charge in [0.05, 0.1) is 6.42 Å². The molecule has 3 rings (SSSR count). The van der Waals surface area contributed by atoms with Crippen LogP contribution in [0.3, 0.4) is 0 Å². The Morgan fingerprint density at radius 1 is 1.42 bits per heavy atom. The SMILES string of the molecule is O=C(Cc1cccc(Br)c1)N1CCCC2CNCC21. The molecule has 19 heavy (non-hydrogen) atoms. The molecule has 2 heterocycles. The van der Waals surface area contributed by atoms with Gasteiger partial charge in [-0.2, -0.15) is 0 Å². The number of piperidine rings is 1. The molecule has 2 unspecified atom stereocenters. The Morgan fingerprint density at radius 2 is 2.32 bits per heavy atom. The molecule has 0 saturated carbocycles. The van der Waals surface area contributed by atoms with E-state index >= 15 is 0 Å². The van der Waals surface area contributed by atoms with Crippen LogP contribution in [0.25, 0.3) is 0 Å². The highest BCUT2D eigenvalue weighted by Crippen LogP contribution is 2.27. The van der Waals surface area contributed by atoms with Crippen molar-refractivity contribution in [1.29, 1.82) is 0 Å². The second kappa shape index (κ2) is 5.63. The largest absolute Gasteiger partial charge is 0.338 e. The number of rotatable bonds is 2. The molecular weight excluding hydrogens is 304 g/mol. The van der Waals surface area contributed by atoms with Crippen molar-refractivity contribution >= 4 is 21.8 Å². The zero-order valence-corrected chi connectivity index (χ0v) is 12.5. The number of amides is 1. The average Bonchev–Trinajstić information content (AvgIpc) is 2.86. The molecule has 0 radical (unpaired) electrons. The van der Waals surface area contributed by atoms with Crippen molar-refractivity contribution in [3.05, 3.63) is 34.3 Å². The first-order valence-electron chi connectivity index (χ1n) is 6.98. The monoisotopic (exact) mass is 322 g/mol. The number of carbonyl (C=O) groups is 1. The molecule has 1 aromatic carbocycles. The second-order valence-corrected chi connectivity index (χ2v) is 6.44. The van der Waals surface area contributed by atoms with E-state index in [9.17, 15) is 4.79 Å². The summed E-state index contributed by atoms with van der Waals surface area (Å²) in [6, 6.07) is 8.46. The molecule has 2 aliphatic heterocycles. The molecule has 102 valence electrons. The van der Waals surface area contributed by atoms with Crippen LogP contribution in [0.1, 0.15) is 18.4 Å². The quantitative estimate of drug-likeness (QED) is 0.905. The molecule has 3 nitrogen and oxygen atoms in total. The van der Waals surface area contributed by atoms with Crippen LogP contribution in [-0.4, -0.2) is 36.5 Å². The van der Waals surface area contributed by atoms with Crippen molar-refractivity contribution in [2.45, 2.75) is 25.3 Å². The molecule has 2 fully saturated rings. The highest BCUT2D eigenvalue weighted by molar-refractivity contribution is 9.10. The fraction of sp³-hybridized carbons (Fsp3) is 0.533.